The smallest absolute Gasteiger partial charge is 0.248 e. The lowest BCUT2D eigenvalue weighted by molar-refractivity contribution is -0.111. The summed E-state index contributed by atoms with van der Waals surface area (Å²) in [5.41, 5.74) is 1.15. The molecule has 0 fully saturated rings. The third-order valence-electron chi connectivity index (χ3n) is 3.58. The second kappa shape index (κ2) is 9.12. The maximum Gasteiger partial charge on any atom is 0.248 e. The summed E-state index contributed by atoms with van der Waals surface area (Å²) < 4.78 is 33.9. The molecule has 0 aliphatic rings. The van der Waals surface area contributed by atoms with Crippen molar-refractivity contribution in [1.29, 1.82) is 0 Å². The number of hydrogen-bond acceptors (Lipinski definition) is 5. The number of ether oxygens (including phenoxy) is 2. The predicted octanol–water partition coefficient (Wildman–Crippen LogP) is 4.19. The van der Waals surface area contributed by atoms with Gasteiger partial charge in [-0.05, 0) is 61.9 Å². The minimum absolute atomic E-state index is 0.0624. The quantitative estimate of drug-likeness (QED) is 0.675. The molecule has 2 rings (SSSR count). The largest absolute Gasteiger partial charge is 0.493 e. The number of halogens is 1. The van der Waals surface area contributed by atoms with Crippen LogP contribution in [-0.2, 0) is 14.6 Å². The summed E-state index contributed by atoms with van der Waals surface area (Å²) in [6.07, 6.45) is 4.00. The van der Waals surface area contributed by atoms with Crippen molar-refractivity contribution in [3.8, 4) is 11.5 Å². The number of sulfone groups is 1. The summed E-state index contributed by atoms with van der Waals surface area (Å²) in [5, 5.41) is 3.04. The van der Waals surface area contributed by atoms with E-state index in [9.17, 15) is 13.2 Å². The van der Waals surface area contributed by atoms with E-state index in [0.29, 0.717) is 27.8 Å². The number of amides is 1. The van der Waals surface area contributed by atoms with Crippen LogP contribution < -0.4 is 14.8 Å². The van der Waals surface area contributed by atoms with Gasteiger partial charge in [0.05, 0.1) is 23.1 Å². The molecule has 2 aromatic rings. The lowest BCUT2D eigenvalue weighted by Gasteiger charge is -2.15. The molecule has 0 unspecified atom stereocenters. The van der Waals surface area contributed by atoms with Gasteiger partial charge in [-0.1, -0.05) is 11.6 Å². The van der Waals surface area contributed by atoms with E-state index in [4.69, 9.17) is 21.1 Å². The number of nitrogens with one attached hydrogen (secondary N) is 1. The average molecular weight is 424 g/mol. The number of hydrogen-bond donors (Lipinski definition) is 1. The SMILES string of the molecule is COc1cc(/C=C/C(=O)Nc2ccc(S(C)(=O)=O)cc2)cc(Cl)c1OC(C)C. The maximum atomic E-state index is 12.1. The highest BCUT2D eigenvalue weighted by molar-refractivity contribution is 7.90. The van der Waals surface area contributed by atoms with Crippen LogP contribution in [0.1, 0.15) is 19.4 Å². The first-order chi connectivity index (χ1) is 13.1. The van der Waals surface area contributed by atoms with Gasteiger partial charge in [-0.15, -0.1) is 0 Å². The lowest BCUT2D eigenvalue weighted by atomic mass is 10.1. The van der Waals surface area contributed by atoms with Gasteiger partial charge in [0.15, 0.2) is 21.3 Å². The summed E-state index contributed by atoms with van der Waals surface area (Å²) in [5.74, 6) is 0.550. The van der Waals surface area contributed by atoms with Crippen molar-refractivity contribution in [2.45, 2.75) is 24.8 Å². The van der Waals surface area contributed by atoms with Gasteiger partial charge < -0.3 is 14.8 Å². The Bertz CT molecular complexity index is 982. The van der Waals surface area contributed by atoms with Gasteiger partial charge >= 0.3 is 0 Å². The second-order valence-corrected chi connectivity index (χ2v) is 8.74. The van der Waals surface area contributed by atoms with Crippen LogP contribution in [0.15, 0.2) is 47.4 Å². The number of anilines is 1. The first kappa shape index (κ1) is 21.8. The fourth-order valence-corrected chi connectivity index (χ4v) is 3.22. The summed E-state index contributed by atoms with van der Waals surface area (Å²) in [6, 6.07) is 9.32. The zero-order valence-corrected chi connectivity index (χ0v) is 17.6. The molecular weight excluding hydrogens is 402 g/mol. The molecule has 0 spiro atoms. The molecule has 28 heavy (non-hydrogen) atoms. The molecule has 0 heterocycles. The molecule has 8 heteroatoms. The first-order valence-electron chi connectivity index (χ1n) is 8.43. The Hall–Kier alpha value is -2.51. The van der Waals surface area contributed by atoms with Gasteiger partial charge in [0, 0.05) is 18.0 Å². The molecule has 0 aliphatic heterocycles. The van der Waals surface area contributed by atoms with E-state index in [1.807, 2.05) is 13.8 Å². The van der Waals surface area contributed by atoms with Crippen LogP contribution in [0.5, 0.6) is 11.5 Å². The monoisotopic (exact) mass is 423 g/mol. The molecule has 1 N–H and O–H groups in total. The van der Waals surface area contributed by atoms with Crippen molar-refractivity contribution in [2.24, 2.45) is 0 Å². The number of rotatable bonds is 7. The Morgan fingerprint density at radius 1 is 1.18 bits per heavy atom. The molecule has 0 radical (unpaired) electrons. The van der Waals surface area contributed by atoms with Gasteiger partial charge in [-0.3, -0.25) is 4.79 Å². The molecule has 0 saturated heterocycles. The van der Waals surface area contributed by atoms with Crippen molar-refractivity contribution in [1.82, 2.24) is 0 Å². The normalized spacial score (nSPS) is 11.6. The molecule has 150 valence electrons. The highest BCUT2D eigenvalue weighted by Gasteiger charge is 2.13. The van der Waals surface area contributed by atoms with E-state index in [2.05, 4.69) is 5.32 Å². The van der Waals surface area contributed by atoms with E-state index >= 15 is 0 Å². The Balaban J connectivity index is 2.12. The van der Waals surface area contributed by atoms with Crippen LogP contribution in [0.3, 0.4) is 0 Å². The lowest BCUT2D eigenvalue weighted by Crippen LogP contribution is -2.08. The summed E-state index contributed by atoms with van der Waals surface area (Å²) in [7, 11) is -1.76. The van der Waals surface area contributed by atoms with E-state index in [1.54, 1.807) is 18.2 Å². The van der Waals surface area contributed by atoms with Crippen LogP contribution >= 0.6 is 11.6 Å². The van der Waals surface area contributed by atoms with Crippen LogP contribution in [0.4, 0.5) is 5.69 Å². The Labute approximate surface area is 170 Å². The summed E-state index contributed by atoms with van der Waals surface area (Å²) in [6.45, 7) is 3.77. The fourth-order valence-electron chi connectivity index (χ4n) is 2.33. The fraction of sp³-hybridized carbons (Fsp3) is 0.250. The topological polar surface area (TPSA) is 81.7 Å². The number of carbonyl (C=O) groups excluding carboxylic acids is 1. The van der Waals surface area contributed by atoms with Crippen molar-refractivity contribution in [3.63, 3.8) is 0 Å². The highest BCUT2D eigenvalue weighted by Crippen LogP contribution is 2.37. The molecule has 0 atom stereocenters. The standard InChI is InChI=1S/C20H22ClNO5S/c1-13(2)27-20-17(21)11-14(12-18(20)26-3)5-10-19(23)22-15-6-8-16(9-7-15)28(4,24)25/h5-13H,1-4H3,(H,22,23)/b10-5+. The first-order valence-corrected chi connectivity index (χ1v) is 10.7. The van der Waals surface area contributed by atoms with Gasteiger partial charge in [-0.2, -0.15) is 0 Å². The summed E-state index contributed by atoms with van der Waals surface area (Å²) in [4.78, 5) is 12.3. The predicted molar refractivity (Wildman–Crippen MR) is 111 cm³/mol. The van der Waals surface area contributed by atoms with Gasteiger partial charge in [0.25, 0.3) is 0 Å². The summed E-state index contributed by atoms with van der Waals surface area (Å²) >= 11 is 6.27. The minimum Gasteiger partial charge on any atom is -0.493 e. The van der Waals surface area contributed by atoms with Crippen LogP contribution in [-0.4, -0.2) is 33.8 Å². The van der Waals surface area contributed by atoms with E-state index in [1.165, 1.54) is 37.5 Å². The van der Waals surface area contributed by atoms with E-state index in [-0.39, 0.29) is 16.9 Å². The van der Waals surface area contributed by atoms with E-state index in [0.717, 1.165) is 6.26 Å². The van der Waals surface area contributed by atoms with Gasteiger partial charge in [0.1, 0.15) is 0 Å². The third-order valence-corrected chi connectivity index (χ3v) is 4.99. The van der Waals surface area contributed by atoms with Crippen molar-refractivity contribution < 1.29 is 22.7 Å². The molecule has 0 aromatic heterocycles. The van der Waals surface area contributed by atoms with Crippen molar-refractivity contribution in [3.05, 3.63) is 53.1 Å². The average Bonchev–Trinajstić information content (AvgIpc) is 2.61. The van der Waals surface area contributed by atoms with Crippen LogP contribution in [0.2, 0.25) is 5.02 Å². The highest BCUT2D eigenvalue weighted by atomic mass is 35.5. The van der Waals surface area contributed by atoms with Gasteiger partial charge in [-0.25, -0.2) is 8.42 Å². The molecule has 0 saturated carbocycles. The Morgan fingerprint density at radius 2 is 1.82 bits per heavy atom. The van der Waals surface area contributed by atoms with Crippen molar-refractivity contribution in [2.75, 3.05) is 18.7 Å². The Kier molecular flexibility index (Phi) is 7.10. The van der Waals surface area contributed by atoms with Crippen LogP contribution in [0, 0.1) is 0 Å². The maximum absolute atomic E-state index is 12.1. The minimum atomic E-state index is -3.28. The number of benzene rings is 2. The number of carbonyl (C=O) groups is 1. The molecule has 0 aliphatic carbocycles. The zero-order valence-electron chi connectivity index (χ0n) is 16.0. The van der Waals surface area contributed by atoms with Crippen molar-refractivity contribution >= 4 is 39.1 Å². The zero-order chi connectivity index (χ0) is 20.9. The third kappa shape index (κ3) is 6.00. The van der Waals surface area contributed by atoms with E-state index < -0.39 is 9.84 Å². The molecule has 6 nitrogen and oxygen atoms in total. The van der Waals surface area contributed by atoms with Gasteiger partial charge in [0.2, 0.25) is 5.91 Å². The number of methoxy groups -OCH3 is 1. The molecule has 0 bridgehead atoms. The molecular formula is C20H22ClNO5S. The van der Waals surface area contributed by atoms with Crippen LogP contribution in [0.25, 0.3) is 6.08 Å². The Morgan fingerprint density at radius 3 is 2.36 bits per heavy atom. The second-order valence-electron chi connectivity index (χ2n) is 6.32. The molecule has 1 amide bonds. The molecule has 2 aromatic carbocycles.